The number of aromatic nitrogens is 2. The number of nitrogens with two attached hydrogens (primary N) is 1. The van der Waals surface area contributed by atoms with E-state index in [0.717, 1.165) is 34.3 Å². The number of carbonyl (C=O) groups excluding carboxylic acids is 2. The summed E-state index contributed by atoms with van der Waals surface area (Å²) < 4.78 is 28.7. The Balaban J connectivity index is 1.80. The van der Waals surface area contributed by atoms with Gasteiger partial charge < -0.3 is 21.0 Å². The zero-order valence-electron chi connectivity index (χ0n) is 15.1. The standard InChI is InChI=1S/C15H14F2N6O5S2/c1-28-21-7(10-20-15(18)30-22-10)11(24)19-8-12(25)23-9(14(26)27)5(2-3-6(16)17)4-29-13(8)23/h2-3,6,8,13H,4H2,1H3,(H,19,24)(H,26,27)(H2,18,20,22)/b3-2+,21-7-/t8-,13-/m1/s1. The summed E-state index contributed by atoms with van der Waals surface area (Å²) in [6, 6.07) is -1.06. The molecule has 30 heavy (non-hydrogen) atoms. The molecule has 0 aliphatic carbocycles. The Labute approximate surface area is 175 Å². The predicted molar refractivity (Wildman–Crippen MR) is 103 cm³/mol. The zero-order chi connectivity index (χ0) is 22.0. The Bertz CT molecular complexity index is 978. The molecule has 0 saturated carbocycles. The lowest BCUT2D eigenvalue weighted by atomic mass is 10.0. The maximum atomic E-state index is 12.6. The van der Waals surface area contributed by atoms with Crippen LogP contribution in [0.4, 0.5) is 13.9 Å². The highest BCUT2D eigenvalue weighted by atomic mass is 32.2. The molecule has 2 aliphatic heterocycles. The Hall–Kier alpha value is -3.07. The van der Waals surface area contributed by atoms with Gasteiger partial charge in [0.2, 0.25) is 11.5 Å². The van der Waals surface area contributed by atoms with Gasteiger partial charge in [-0.3, -0.25) is 14.5 Å². The van der Waals surface area contributed by atoms with Crippen LogP contribution in [-0.4, -0.2) is 73.6 Å². The fourth-order valence-electron chi connectivity index (χ4n) is 2.78. The van der Waals surface area contributed by atoms with Crippen molar-refractivity contribution in [3.8, 4) is 0 Å². The summed E-state index contributed by atoms with van der Waals surface area (Å²) in [5.41, 5.74) is 4.87. The van der Waals surface area contributed by atoms with E-state index in [1.165, 1.54) is 7.11 Å². The molecular formula is C15H14F2N6O5S2. The van der Waals surface area contributed by atoms with Gasteiger partial charge in [0, 0.05) is 17.3 Å². The molecule has 0 unspecified atom stereocenters. The average Bonchev–Trinajstić information content (AvgIpc) is 3.13. The minimum atomic E-state index is -2.76. The Morgan fingerprint density at radius 2 is 2.23 bits per heavy atom. The van der Waals surface area contributed by atoms with Crippen molar-refractivity contribution < 1.29 is 33.1 Å². The quantitative estimate of drug-likeness (QED) is 0.290. The van der Waals surface area contributed by atoms with Crippen LogP contribution < -0.4 is 11.1 Å². The minimum absolute atomic E-state index is 0.0643. The van der Waals surface area contributed by atoms with Crippen LogP contribution in [0.5, 0.6) is 0 Å². The number of thioether (sulfide) groups is 1. The number of anilines is 1. The molecule has 3 rings (SSSR count). The second kappa shape index (κ2) is 8.74. The Morgan fingerprint density at radius 3 is 2.80 bits per heavy atom. The number of aliphatic carboxylic acids is 1. The van der Waals surface area contributed by atoms with E-state index in [0.29, 0.717) is 6.08 Å². The van der Waals surface area contributed by atoms with Gasteiger partial charge in [0.25, 0.3) is 18.2 Å². The van der Waals surface area contributed by atoms with Crippen molar-refractivity contribution in [1.29, 1.82) is 0 Å². The molecule has 11 nitrogen and oxygen atoms in total. The van der Waals surface area contributed by atoms with Gasteiger partial charge in [-0.05, 0) is 11.6 Å². The molecule has 4 N–H and O–H groups in total. The molecule has 1 aromatic heterocycles. The highest BCUT2D eigenvalue weighted by Crippen LogP contribution is 2.40. The molecule has 1 saturated heterocycles. The molecule has 15 heteroatoms. The number of hydrogen-bond donors (Lipinski definition) is 3. The number of carbonyl (C=O) groups is 3. The number of halogens is 2. The first kappa shape index (κ1) is 21.6. The summed E-state index contributed by atoms with van der Waals surface area (Å²) in [6.45, 7) is 0. The number of nitrogens with zero attached hydrogens (tertiary/aromatic N) is 4. The van der Waals surface area contributed by atoms with Crippen LogP contribution in [0.25, 0.3) is 0 Å². The van der Waals surface area contributed by atoms with Gasteiger partial charge in [-0.1, -0.05) is 11.2 Å². The van der Waals surface area contributed by atoms with Crippen LogP contribution in [0.15, 0.2) is 28.6 Å². The van der Waals surface area contributed by atoms with Crippen molar-refractivity contribution >= 4 is 51.9 Å². The summed E-state index contributed by atoms with van der Waals surface area (Å²) in [5.74, 6) is -2.99. The molecule has 1 aromatic rings. The average molecular weight is 460 g/mol. The Kier molecular flexibility index (Phi) is 6.31. The lowest BCUT2D eigenvalue weighted by Gasteiger charge is -2.49. The predicted octanol–water partition coefficient (Wildman–Crippen LogP) is 0.0307. The number of alkyl halides is 2. The molecule has 0 bridgehead atoms. The number of allylic oxidation sites excluding steroid dienone is 2. The third kappa shape index (κ3) is 4.11. The lowest BCUT2D eigenvalue weighted by Crippen LogP contribution is -2.71. The van der Waals surface area contributed by atoms with Crippen molar-refractivity contribution in [2.75, 3.05) is 18.6 Å². The van der Waals surface area contributed by atoms with Crippen LogP contribution in [0.2, 0.25) is 0 Å². The van der Waals surface area contributed by atoms with Crippen molar-refractivity contribution in [2.24, 2.45) is 5.16 Å². The molecule has 0 aromatic carbocycles. The summed E-state index contributed by atoms with van der Waals surface area (Å²) in [6.07, 6.45) is -1.23. The van der Waals surface area contributed by atoms with Crippen molar-refractivity contribution in [2.45, 2.75) is 17.8 Å². The first-order valence-electron chi connectivity index (χ1n) is 8.13. The molecule has 2 amide bonds. The monoisotopic (exact) mass is 460 g/mol. The number of hydrogen-bond acceptors (Lipinski definition) is 10. The molecule has 0 spiro atoms. The molecule has 2 aliphatic rings. The smallest absolute Gasteiger partial charge is 0.352 e. The molecule has 0 radical (unpaired) electrons. The van der Waals surface area contributed by atoms with Crippen LogP contribution in [0.3, 0.4) is 0 Å². The van der Waals surface area contributed by atoms with Crippen LogP contribution in [0, 0.1) is 0 Å². The zero-order valence-corrected chi connectivity index (χ0v) is 16.7. The van der Waals surface area contributed by atoms with Gasteiger partial charge in [-0.15, -0.1) is 11.8 Å². The van der Waals surface area contributed by atoms with Crippen molar-refractivity contribution in [3.63, 3.8) is 0 Å². The van der Waals surface area contributed by atoms with Crippen LogP contribution >= 0.6 is 23.3 Å². The van der Waals surface area contributed by atoms with Gasteiger partial charge in [0.1, 0.15) is 24.2 Å². The SMILES string of the molecule is CO/N=C(\C(=O)N[C@@H]1C(=O)N2C(C(=O)O)=C(/C=C/C(F)F)CS[C@H]12)c1nsc(N)n1. The van der Waals surface area contributed by atoms with E-state index >= 15 is 0 Å². The number of carboxylic acids is 1. The number of nitrogen functional groups attached to an aromatic ring is 1. The largest absolute Gasteiger partial charge is 0.477 e. The van der Waals surface area contributed by atoms with Gasteiger partial charge in [-0.2, -0.15) is 9.36 Å². The van der Waals surface area contributed by atoms with E-state index in [1.54, 1.807) is 0 Å². The number of rotatable bonds is 7. The van der Waals surface area contributed by atoms with Crippen LogP contribution in [-0.2, 0) is 19.2 Å². The highest BCUT2D eigenvalue weighted by molar-refractivity contribution is 8.00. The topological polar surface area (TPSA) is 160 Å². The maximum absolute atomic E-state index is 12.6. The third-order valence-electron chi connectivity index (χ3n) is 3.98. The van der Waals surface area contributed by atoms with E-state index < -0.39 is 41.3 Å². The van der Waals surface area contributed by atoms with E-state index in [4.69, 9.17) is 5.73 Å². The number of carboxylic acid groups (broad SMARTS) is 1. The fourth-order valence-corrected chi connectivity index (χ4v) is 4.53. The minimum Gasteiger partial charge on any atom is -0.477 e. The van der Waals surface area contributed by atoms with Gasteiger partial charge in [0.15, 0.2) is 5.13 Å². The molecule has 1 fully saturated rings. The highest BCUT2D eigenvalue weighted by Gasteiger charge is 2.54. The number of oxime groups is 1. The molecule has 2 atom stereocenters. The summed E-state index contributed by atoms with van der Waals surface area (Å²) in [4.78, 5) is 46.2. The summed E-state index contributed by atoms with van der Waals surface area (Å²) >= 11 is 1.96. The van der Waals surface area contributed by atoms with E-state index in [2.05, 4.69) is 24.7 Å². The lowest BCUT2D eigenvalue weighted by molar-refractivity contribution is -0.150. The second-order valence-electron chi connectivity index (χ2n) is 5.81. The second-order valence-corrected chi connectivity index (χ2v) is 7.70. The van der Waals surface area contributed by atoms with E-state index in [9.17, 15) is 28.3 Å². The Morgan fingerprint density at radius 1 is 1.50 bits per heavy atom. The van der Waals surface area contributed by atoms with Crippen molar-refractivity contribution in [3.05, 3.63) is 29.2 Å². The van der Waals surface area contributed by atoms with Crippen molar-refractivity contribution in [1.82, 2.24) is 19.6 Å². The fraction of sp³-hybridized carbons (Fsp3) is 0.333. The number of amides is 2. The molecule has 160 valence electrons. The first-order valence-corrected chi connectivity index (χ1v) is 9.95. The summed E-state index contributed by atoms with van der Waals surface area (Å²) in [7, 11) is 1.20. The maximum Gasteiger partial charge on any atom is 0.352 e. The van der Waals surface area contributed by atoms with Gasteiger partial charge >= 0.3 is 5.97 Å². The van der Waals surface area contributed by atoms with E-state index in [-0.39, 0.29) is 28.0 Å². The van der Waals surface area contributed by atoms with Gasteiger partial charge in [0.05, 0.1) is 0 Å². The number of nitrogens with one attached hydrogen (secondary N) is 1. The van der Waals surface area contributed by atoms with Gasteiger partial charge in [-0.25, -0.2) is 13.6 Å². The van der Waals surface area contributed by atoms with Crippen LogP contribution in [0.1, 0.15) is 5.82 Å². The summed E-state index contributed by atoms with van der Waals surface area (Å²) in [5, 5.41) is 14.8. The molecule has 3 heterocycles. The number of fused-ring (bicyclic) bond motifs is 1. The normalized spacial score (nSPS) is 21.7. The number of β-lactam (4-membered cyclic amide) rings is 1. The first-order chi connectivity index (χ1) is 14.2. The van der Waals surface area contributed by atoms with E-state index in [1.807, 2.05) is 0 Å². The third-order valence-corrected chi connectivity index (χ3v) is 5.83. The molecular weight excluding hydrogens is 446 g/mol.